The standard InChI is InChI=1S/C16H17NO3/c1-10-4-5-13(8-11(10)2)16(18)14-6-7-15(17(19)20)12(3)9-14/h4-9,16,18H,1-3H3/t16-/m0/s1. The van der Waals surface area contributed by atoms with Crippen LogP contribution in [0.4, 0.5) is 5.69 Å². The maximum Gasteiger partial charge on any atom is 0.272 e. The van der Waals surface area contributed by atoms with Crippen molar-refractivity contribution in [3.63, 3.8) is 0 Å². The lowest BCUT2D eigenvalue weighted by atomic mass is 9.96. The van der Waals surface area contributed by atoms with Crippen LogP contribution in [0.5, 0.6) is 0 Å². The van der Waals surface area contributed by atoms with Gasteiger partial charge in [0.2, 0.25) is 0 Å². The maximum absolute atomic E-state index is 10.8. The van der Waals surface area contributed by atoms with Gasteiger partial charge >= 0.3 is 0 Å². The van der Waals surface area contributed by atoms with E-state index >= 15 is 0 Å². The highest BCUT2D eigenvalue weighted by Crippen LogP contribution is 2.27. The molecule has 0 saturated heterocycles. The number of aliphatic hydroxyl groups excluding tert-OH is 1. The quantitative estimate of drug-likeness (QED) is 0.685. The van der Waals surface area contributed by atoms with Crippen LogP contribution >= 0.6 is 0 Å². The number of rotatable bonds is 3. The summed E-state index contributed by atoms with van der Waals surface area (Å²) in [6, 6.07) is 10.5. The monoisotopic (exact) mass is 271 g/mol. The van der Waals surface area contributed by atoms with Crippen molar-refractivity contribution >= 4 is 5.69 Å². The van der Waals surface area contributed by atoms with Crippen LogP contribution < -0.4 is 0 Å². The normalized spacial score (nSPS) is 12.2. The minimum atomic E-state index is -0.770. The molecule has 2 aromatic carbocycles. The van der Waals surface area contributed by atoms with Crippen molar-refractivity contribution in [2.24, 2.45) is 0 Å². The lowest BCUT2D eigenvalue weighted by Gasteiger charge is -2.14. The number of nitro groups is 1. The third-order valence-corrected chi connectivity index (χ3v) is 3.58. The van der Waals surface area contributed by atoms with Crippen LogP contribution in [0.2, 0.25) is 0 Å². The van der Waals surface area contributed by atoms with Gasteiger partial charge in [-0.05, 0) is 55.2 Å². The molecule has 1 N–H and O–H groups in total. The highest BCUT2D eigenvalue weighted by molar-refractivity contribution is 5.44. The third-order valence-electron chi connectivity index (χ3n) is 3.58. The molecule has 0 unspecified atom stereocenters. The van der Waals surface area contributed by atoms with E-state index in [9.17, 15) is 15.2 Å². The summed E-state index contributed by atoms with van der Waals surface area (Å²) in [5, 5.41) is 21.2. The largest absolute Gasteiger partial charge is 0.384 e. The van der Waals surface area contributed by atoms with Crippen molar-refractivity contribution in [3.8, 4) is 0 Å². The van der Waals surface area contributed by atoms with E-state index in [0.29, 0.717) is 11.1 Å². The molecule has 0 aliphatic carbocycles. The van der Waals surface area contributed by atoms with Crippen LogP contribution in [0.25, 0.3) is 0 Å². The van der Waals surface area contributed by atoms with Crippen LogP contribution in [0.3, 0.4) is 0 Å². The molecule has 1 atom stereocenters. The molecule has 0 saturated carbocycles. The molecule has 0 aromatic heterocycles. The van der Waals surface area contributed by atoms with E-state index in [0.717, 1.165) is 11.1 Å². The Morgan fingerprint density at radius 1 is 0.950 bits per heavy atom. The summed E-state index contributed by atoms with van der Waals surface area (Å²) >= 11 is 0. The molecule has 0 heterocycles. The Kier molecular flexibility index (Phi) is 3.86. The molecule has 20 heavy (non-hydrogen) atoms. The van der Waals surface area contributed by atoms with E-state index in [1.165, 1.54) is 11.6 Å². The van der Waals surface area contributed by atoms with E-state index in [-0.39, 0.29) is 5.69 Å². The number of benzene rings is 2. The number of hydrogen-bond donors (Lipinski definition) is 1. The summed E-state index contributed by atoms with van der Waals surface area (Å²) in [6.45, 7) is 5.68. The minimum Gasteiger partial charge on any atom is -0.384 e. The summed E-state index contributed by atoms with van der Waals surface area (Å²) in [6.07, 6.45) is -0.770. The molecular formula is C16H17NO3. The van der Waals surface area contributed by atoms with Gasteiger partial charge in [0.15, 0.2) is 0 Å². The fourth-order valence-electron chi connectivity index (χ4n) is 2.18. The van der Waals surface area contributed by atoms with Crippen LogP contribution in [-0.2, 0) is 0 Å². The molecule has 104 valence electrons. The predicted octanol–water partition coefficient (Wildman–Crippen LogP) is 3.60. The molecule has 2 aromatic rings. The second kappa shape index (κ2) is 5.43. The minimum absolute atomic E-state index is 0.0704. The maximum atomic E-state index is 10.8. The number of nitro benzene ring substituents is 1. The fraction of sp³-hybridized carbons (Fsp3) is 0.250. The summed E-state index contributed by atoms with van der Waals surface area (Å²) in [4.78, 5) is 10.4. The number of aryl methyl sites for hydroxylation is 3. The Labute approximate surface area is 117 Å². The second-order valence-corrected chi connectivity index (χ2v) is 5.05. The van der Waals surface area contributed by atoms with Gasteiger partial charge < -0.3 is 5.11 Å². The van der Waals surface area contributed by atoms with Gasteiger partial charge in [0.25, 0.3) is 5.69 Å². The highest BCUT2D eigenvalue weighted by atomic mass is 16.6. The molecule has 0 spiro atoms. The van der Waals surface area contributed by atoms with E-state index in [1.807, 2.05) is 32.0 Å². The average molecular weight is 271 g/mol. The van der Waals surface area contributed by atoms with Gasteiger partial charge in [-0.25, -0.2) is 0 Å². The lowest BCUT2D eigenvalue weighted by molar-refractivity contribution is -0.385. The Bertz CT molecular complexity index is 665. The first-order valence-corrected chi connectivity index (χ1v) is 6.40. The van der Waals surface area contributed by atoms with E-state index in [1.54, 1.807) is 19.1 Å². The zero-order valence-corrected chi connectivity index (χ0v) is 11.8. The summed E-state index contributed by atoms with van der Waals surface area (Å²) in [5.74, 6) is 0. The van der Waals surface area contributed by atoms with Gasteiger partial charge in [0, 0.05) is 11.6 Å². The molecule has 0 bridgehead atoms. The second-order valence-electron chi connectivity index (χ2n) is 5.05. The van der Waals surface area contributed by atoms with Crippen molar-refractivity contribution in [2.75, 3.05) is 0 Å². The molecule has 0 amide bonds. The third kappa shape index (κ3) is 2.70. The summed E-state index contributed by atoms with van der Waals surface area (Å²) in [5.41, 5.74) is 4.36. The van der Waals surface area contributed by atoms with Crippen LogP contribution in [0.1, 0.15) is 33.9 Å². The van der Waals surface area contributed by atoms with Crippen molar-refractivity contribution in [3.05, 3.63) is 74.3 Å². The zero-order chi connectivity index (χ0) is 14.9. The van der Waals surface area contributed by atoms with E-state index in [4.69, 9.17) is 0 Å². The molecular weight excluding hydrogens is 254 g/mol. The highest BCUT2D eigenvalue weighted by Gasteiger charge is 2.16. The first-order valence-electron chi connectivity index (χ1n) is 6.40. The predicted molar refractivity (Wildman–Crippen MR) is 77.8 cm³/mol. The van der Waals surface area contributed by atoms with Gasteiger partial charge in [-0.15, -0.1) is 0 Å². The topological polar surface area (TPSA) is 63.4 Å². The molecule has 0 fully saturated rings. The van der Waals surface area contributed by atoms with Crippen molar-refractivity contribution in [1.82, 2.24) is 0 Å². The van der Waals surface area contributed by atoms with Crippen LogP contribution in [-0.4, -0.2) is 10.0 Å². The molecule has 4 nitrogen and oxygen atoms in total. The van der Waals surface area contributed by atoms with Gasteiger partial charge in [0.05, 0.1) is 4.92 Å². The Hall–Kier alpha value is -2.20. The molecule has 2 rings (SSSR count). The van der Waals surface area contributed by atoms with Crippen LogP contribution in [0.15, 0.2) is 36.4 Å². The first-order chi connectivity index (χ1) is 9.40. The average Bonchev–Trinajstić information content (AvgIpc) is 2.40. The SMILES string of the molecule is Cc1ccc([C@H](O)c2ccc([N+](=O)[O-])c(C)c2)cc1C. The van der Waals surface area contributed by atoms with Crippen LogP contribution in [0, 0.1) is 30.9 Å². The van der Waals surface area contributed by atoms with Crippen molar-refractivity contribution in [1.29, 1.82) is 0 Å². The fourth-order valence-corrected chi connectivity index (χ4v) is 2.18. The van der Waals surface area contributed by atoms with E-state index in [2.05, 4.69) is 0 Å². The number of nitrogens with zero attached hydrogens (tertiary/aromatic N) is 1. The zero-order valence-electron chi connectivity index (χ0n) is 11.8. The van der Waals surface area contributed by atoms with Gasteiger partial charge in [0.1, 0.15) is 6.10 Å². The van der Waals surface area contributed by atoms with Gasteiger partial charge in [-0.2, -0.15) is 0 Å². The van der Waals surface area contributed by atoms with Gasteiger partial charge in [-0.1, -0.05) is 18.2 Å². The molecule has 0 aliphatic rings. The molecule has 4 heteroatoms. The Morgan fingerprint density at radius 2 is 1.50 bits per heavy atom. The molecule has 0 radical (unpaired) electrons. The summed E-state index contributed by atoms with van der Waals surface area (Å²) in [7, 11) is 0. The lowest BCUT2D eigenvalue weighted by Crippen LogP contribution is -2.02. The van der Waals surface area contributed by atoms with E-state index < -0.39 is 11.0 Å². The van der Waals surface area contributed by atoms with Crippen molar-refractivity contribution < 1.29 is 10.0 Å². The van der Waals surface area contributed by atoms with Crippen molar-refractivity contribution in [2.45, 2.75) is 26.9 Å². The van der Waals surface area contributed by atoms with Gasteiger partial charge in [-0.3, -0.25) is 10.1 Å². The Morgan fingerprint density at radius 3 is 2.00 bits per heavy atom. The Balaban J connectivity index is 2.38. The number of aliphatic hydroxyl groups is 1. The summed E-state index contributed by atoms with van der Waals surface area (Å²) < 4.78 is 0. The molecule has 0 aliphatic heterocycles. The number of hydrogen-bond acceptors (Lipinski definition) is 3. The first kappa shape index (κ1) is 14.2. The smallest absolute Gasteiger partial charge is 0.272 e.